The topological polar surface area (TPSA) is 9.23 Å². The molecule has 2 rings (SSSR count). The number of fused-ring (bicyclic) bond motifs is 2. The molecule has 0 spiro atoms. The van der Waals surface area contributed by atoms with Gasteiger partial charge >= 0.3 is 0 Å². The molecule has 2 aliphatic carbocycles. The smallest absolute Gasteiger partial charge is 0.104 e. The Balaban J connectivity index is 2.18. The zero-order chi connectivity index (χ0) is 10.4. The van der Waals surface area contributed by atoms with Crippen molar-refractivity contribution in [2.24, 2.45) is 16.7 Å². The van der Waals surface area contributed by atoms with Crippen LogP contribution in [0.1, 0.15) is 40.0 Å². The van der Waals surface area contributed by atoms with Gasteiger partial charge in [-0.3, -0.25) is 0 Å². The van der Waals surface area contributed by atoms with Gasteiger partial charge in [0.1, 0.15) is 6.10 Å². The van der Waals surface area contributed by atoms with E-state index in [1.807, 2.05) is 0 Å². The maximum absolute atomic E-state index is 5.80. The second-order valence-corrected chi connectivity index (χ2v) is 6.03. The molecule has 2 bridgehead atoms. The van der Waals surface area contributed by atoms with E-state index in [9.17, 15) is 0 Å². The lowest BCUT2D eigenvalue weighted by Crippen LogP contribution is -2.36. The summed E-state index contributed by atoms with van der Waals surface area (Å²) in [4.78, 5) is 1.80. The van der Waals surface area contributed by atoms with Crippen LogP contribution in [0, 0.1) is 16.7 Å². The molecule has 0 amide bonds. The van der Waals surface area contributed by atoms with Crippen LogP contribution >= 0.6 is 15.9 Å². The highest BCUT2D eigenvalue weighted by atomic mass is 79.9. The van der Waals surface area contributed by atoms with Crippen molar-refractivity contribution in [3.05, 3.63) is 11.2 Å². The number of rotatable bonds is 2. The third-order valence-corrected chi connectivity index (χ3v) is 5.22. The van der Waals surface area contributed by atoms with Crippen LogP contribution in [0.4, 0.5) is 0 Å². The SMILES string of the molecule is CC1(C)[C@@H]2CC[C@@]1(C)[C@@H](O/C=C\Br)C2. The number of ether oxygens (including phenoxy) is 1. The lowest BCUT2D eigenvalue weighted by molar-refractivity contribution is 0.00165. The minimum Gasteiger partial charge on any atom is -0.497 e. The van der Waals surface area contributed by atoms with E-state index in [-0.39, 0.29) is 0 Å². The highest BCUT2D eigenvalue weighted by Gasteiger charge is 2.62. The molecule has 3 atom stereocenters. The second-order valence-electron chi connectivity index (χ2n) is 5.50. The molecule has 2 heteroatoms. The van der Waals surface area contributed by atoms with Crippen LogP contribution in [0.15, 0.2) is 11.2 Å². The van der Waals surface area contributed by atoms with Gasteiger partial charge in [-0.25, -0.2) is 0 Å². The molecule has 0 aromatic heterocycles. The Morgan fingerprint density at radius 3 is 2.50 bits per heavy atom. The Labute approximate surface area is 95.0 Å². The molecule has 0 aromatic rings. The molecule has 0 unspecified atom stereocenters. The number of hydrogen-bond acceptors (Lipinski definition) is 1. The van der Waals surface area contributed by atoms with Gasteiger partial charge in [0.15, 0.2) is 0 Å². The summed E-state index contributed by atoms with van der Waals surface area (Å²) in [5.74, 6) is 0.862. The Morgan fingerprint density at radius 1 is 1.36 bits per heavy atom. The Bertz CT molecular complexity index is 259. The van der Waals surface area contributed by atoms with E-state index in [0.29, 0.717) is 16.9 Å². The molecule has 0 heterocycles. The van der Waals surface area contributed by atoms with Crippen molar-refractivity contribution in [3.8, 4) is 0 Å². The largest absolute Gasteiger partial charge is 0.497 e. The summed E-state index contributed by atoms with van der Waals surface area (Å²) in [5, 5.41) is 0. The molecule has 0 radical (unpaired) electrons. The summed E-state index contributed by atoms with van der Waals surface area (Å²) in [7, 11) is 0. The summed E-state index contributed by atoms with van der Waals surface area (Å²) >= 11 is 3.25. The van der Waals surface area contributed by atoms with Crippen LogP contribution in [-0.2, 0) is 4.74 Å². The summed E-state index contributed by atoms with van der Waals surface area (Å²) in [6.07, 6.45) is 6.16. The van der Waals surface area contributed by atoms with Gasteiger partial charge in [-0.2, -0.15) is 0 Å². The number of halogens is 1. The highest BCUT2D eigenvalue weighted by molar-refractivity contribution is 9.11. The summed E-state index contributed by atoms with van der Waals surface area (Å²) in [6.45, 7) is 7.21. The first kappa shape index (κ1) is 10.5. The van der Waals surface area contributed by atoms with Gasteiger partial charge in [0.05, 0.1) is 6.26 Å². The molecule has 2 saturated carbocycles. The minimum absolute atomic E-state index is 0.379. The van der Waals surface area contributed by atoms with Crippen LogP contribution in [0.2, 0.25) is 0 Å². The van der Waals surface area contributed by atoms with Gasteiger partial charge in [0, 0.05) is 10.4 Å². The average molecular weight is 259 g/mol. The first-order valence-electron chi connectivity index (χ1n) is 5.43. The van der Waals surface area contributed by atoms with Crippen molar-refractivity contribution in [1.82, 2.24) is 0 Å². The molecular formula is C12H19BrO. The first-order valence-corrected chi connectivity index (χ1v) is 6.34. The van der Waals surface area contributed by atoms with Crippen molar-refractivity contribution in [2.75, 3.05) is 0 Å². The lowest BCUT2D eigenvalue weighted by atomic mass is 9.70. The van der Waals surface area contributed by atoms with E-state index in [0.717, 1.165) is 5.92 Å². The standard InChI is InChI=1S/C12H19BrO/c1-11(2)9-4-5-12(11,3)10(8-9)14-7-6-13/h6-7,9-10H,4-5,8H2,1-3H3/b7-6-/t9-,10+,12+/m1/s1. The maximum Gasteiger partial charge on any atom is 0.104 e. The summed E-state index contributed by atoms with van der Waals surface area (Å²) < 4.78 is 5.80. The predicted octanol–water partition coefficient (Wildman–Crippen LogP) is 4.08. The average Bonchev–Trinajstić information content (AvgIpc) is 2.46. The van der Waals surface area contributed by atoms with Crippen LogP contribution in [-0.4, -0.2) is 6.10 Å². The normalized spacial score (nSPS) is 44.9. The Kier molecular flexibility index (Phi) is 2.45. The van der Waals surface area contributed by atoms with Crippen LogP contribution in [0.3, 0.4) is 0 Å². The number of hydrogen-bond donors (Lipinski definition) is 0. The summed E-state index contributed by atoms with van der Waals surface area (Å²) in [5.41, 5.74) is 0.835. The highest BCUT2D eigenvalue weighted by Crippen LogP contribution is 2.66. The fourth-order valence-electron chi connectivity index (χ4n) is 3.46. The van der Waals surface area contributed by atoms with Gasteiger partial charge in [0.25, 0.3) is 0 Å². The maximum atomic E-state index is 5.80. The molecule has 0 aliphatic heterocycles. The molecule has 0 N–H and O–H groups in total. The molecular weight excluding hydrogens is 240 g/mol. The van der Waals surface area contributed by atoms with Crippen molar-refractivity contribution in [3.63, 3.8) is 0 Å². The van der Waals surface area contributed by atoms with Gasteiger partial charge in [-0.1, -0.05) is 36.7 Å². The van der Waals surface area contributed by atoms with Crippen molar-refractivity contribution in [2.45, 2.75) is 46.1 Å². The van der Waals surface area contributed by atoms with E-state index in [1.165, 1.54) is 19.3 Å². The molecule has 2 aliphatic rings. The van der Waals surface area contributed by atoms with E-state index in [4.69, 9.17) is 4.74 Å². The summed E-state index contributed by atoms with van der Waals surface area (Å²) in [6, 6.07) is 0. The van der Waals surface area contributed by atoms with E-state index in [1.54, 1.807) is 11.2 Å². The van der Waals surface area contributed by atoms with E-state index in [2.05, 4.69) is 36.7 Å². The molecule has 14 heavy (non-hydrogen) atoms. The second kappa shape index (κ2) is 3.26. The lowest BCUT2D eigenvalue weighted by Gasteiger charge is -2.38. The van der Waals surface area contributed by atoms with Crippen LogP contribution < -0.4 is 0 Å². The molecule has 2 fully saturated rings. The van der Waals surface area contributed by atoms with Gasteiger partial charge < -0.3 is 4.74 Å². The van der Waals surface area contributed by atoms with Crippen molar-refractivity contribution < 1.29 is 4.74 Å². The molecule has 0 aromatic carbocycles. The zero-order valence-corrected chi connectivity index (χ0v) is 10.8. The van der Waals surface area contributed by atoms with Crippen LogP contribution in [0.5, 0.6) is 0 Å². The molecule has 1 nitrogen and oxygen atoms in total. The minimum atomic E-state index is 0.379. The zero-order valence-electron chi connectivity index (χ0n) is 9.22. The van der Waals surface area contributed by atoms with Gasteiger partial charge in [-0.05, 0) is 30.6 Å². The Morgan fingerprint density at radius 2 is 2.07 bits per heavy atom. The van der Waals surface area contributed by atoms with Gasteiger partial charge in [-0.15, -0.1) is 0 Å². The van der Waals surface area contributed by atoms with Crippen molar-refractivity contribution >= 4 is 15.9 Å². The molecule has 80 valence electrons. The van der Waals surface area contributed by atoms with E-state index < -0.39 is 0 Å². The Hall–Kier alpha value is 0.0200. The van der Waals surface area contributed by atoms with E-state index >= 15 is 0 Å². The molecule has 0 saturated heterocycles. The fourth-order valence-corrected chi connectivity index (χ4v) is 3.59. The predicted molar refractivity (Wildman–Crippen MR) is 62.2 cm³/mol. The third-order valence-electron chi connectivity index (χ3n) is 5.01. The van der Waals surface area contributed by atoms with Gasteiger partial charge in [0.2, 0.25) is 0 Å². The third kappa shape index (κ3) is 1.19. The van der Waals surface area contributed by atoms with Crippen molar-refractivity contribution in [1.29, 1.82) is 0 Å². The quantitative estimate of drug-likeness (QED) is 0.679. The first-order chi connectivity index (χ1) is 6.52. The fraction of sp³-hybridized carbons (Fsp3) is 0.833. The monoisotopic (exact) mass is 258 g/mol. The van der Waals surface area contributed by atoms with Crippen LogP contribution in [0.25, 0.3) is 0 Å².